The number of hydrogen-bond donors (Lipinski definition) is 2. The van der Waals surface area contributed by atoms with Gasteiger partial charge in [0.2, 0.25) is 5.91 Å². The van der Waals surface area contributed by atoms with Crippen molar-refractivity contribution in [2.45, 2.75) is 56.7 Å². The van der Waals surface area contributed by atoms with Crippen LogP contribution in [0, 0.1) is 0 Å². The summed E-state index contributed by atoms with van der Waals surface area (Å²) in [6.45, 7) is 6.77. The molecule has 0 aromatic heterocycles. The van der Waals surface area contributed by atoms with Gasteiger partial charge in [-0.25, -0.2) is 0 Å². The maximum absolute atomic E-state index is 12.1. The normalized spacial score (nSPS) is 22.2. The first-order valence-corrected chi connectivity index (χ1v) is 9.38. The molecule has 2 fully saturated rings. The Morgan fingerprint density at radius 2 is 2.00 bits per heavy atom. The van der Waals surface area contributed by atoms with E-state index in [1.54, 1.807) is 7.05 Å². The Morgan fingerprint density at radius 3 is 2.61 bits per heavy atom. The highest BCUT2D eigenvalue weighted by molar-refractivity contribution is 14.0. The molecular formula is C16H31IN4OS. The molecule has 1 aliphatic heterocycles. The summed E-state index contributed by atoms with van der Waals surface area (Å²) in [5, 5.41) is 6.36. The molecule has 2 rings (SSSR count). The second-order valence-electron chi connectivity index (χ2n) is 6.83. The number of nitrogens with zero attached hydrogens (tertiary/aromatic N) is 2. The van der Waals surface area contributed by atoms with E-state index in [-0.39, 0.29) is 34.6 Å². The molecule has 1 heterocycles. The van der Waals surface area contributed by atoms with E-state index >= 15 is 0 Å². The minimum Gasteiger partial charge on any atom is -0.352 e. The van der Waals surface area contributed by atoms with E-state index in [2.05, 4.69) is 34.4 Å². The van der Waals surface area contributed by atoms with Gasteiger partial charge in [-0.15, -0.1) is 24.0 Å². The van der Waals surface area contributed by atoms with E-state index in [0.717, 1.165) is 37.6 Å². The largest absolute Gasteiger partial charge is 0.352 e. The summed E-state index contributed by atoms with van der Waals surface area (Å²) in [5.41, 5.74) is 0. The number of carbonyl (C=O) groups excluding carboxylic acids is 1. The minimum atomic E-state index is 0. The summed E-state index contributed by atoms with van der Waals surface area (Å²) in [4.78, 5) is 18.7. The Labute approximate surface area is 161 Å². The number of amides is 1. The lowest BCUT2D eigenvalue weighted by atomic mass is 9.95. The quantitative estimate of drug-likeness (QED) is 0.391. The molecule has 2 aliphatic rings. The molecule has 0 aromatic rings. The highest BCUT2D eigenvalue weighted by Crippen LogP contribution is 2.29. The van der Waals surface area contributed by atoms with E-state index in [9.17, 15) is 4.79 Å². The van der Waals surface area contributed by atoms with Gasteiger partial charge in [0.1, 0.15) is 0 Å². The molecule has 0 spiro atoms. The van der Waals surface area contributed by atoms with Gasteiger partial charge >= 0.3 is 0 Å². The number of thioether (sulfide) groups is 1. The third kappa shape index (κ3) is 7.07. The van der Waals surface area contributed by atoms with Crippen LogP contribution in [0.5, 0.6) is 0 Å². The predicted octanol–water partition coefficient (Wildman–Crippen LogP) is 2.46. The number of rotatable bonds is 3. The van der Waals surface area contributed by atoms with Crippen molar-refractivity contribution in [3.05, 3.63) is 0 Å². The standard InChI is InChI=1S/C16H30N4OS.HI/c1-16(2)12-20(9-10-22-16)15(17-3)18-11-14(21)19-13-7-5-4-6-8-13;/h13H,4-12H2,1-3H3,(H,17,18)(H,19,21);1H. The van der Waals surface area contributed by atoms with Crippen LogP contribution in [0.3, 0.4) is 0 Å². The van der Waals surface area contributed by atoms with E-state index in [4.69, 9.17) is 0 Å². The average Bonchev–Trinajstić information content (AvgIpc) is 2.48. The Balaban J connectivity index is 0.00000264. The average molecular weight is 454 g/mol. The molecule has 2 N–H and O–H groups in total. The van der Waals surface area contributed by atoms with Crippen molar-refractivity contribution >= 4 is 47.6 Å². The molecule has 1 aliphatic carbocycles. The summed E-state index contributed by atoms with van der Waals surface area (Å²) in [6.07, 6.45) is 6.02. The third-order valence-electron chi connectivity index (χ3n) is 4.31. The lowest BCUT2D eigenvalue weighted by Gasteiger charge is -2.39. The summed E-state index contributed by atoms with van der Waals surface area (Å²) >= 11 is 2.00. The van der Waals surface area contributed by atoms with Crippen LogP contribution in [0.2, 0.25) is 0 Å². The fraction of sp³-hybridized carbons (Fsp3) is 0.875. The summed E-state index contributed by atoms with van der Waals surface area (Å²) in [7, 11) is 1.79. The summed E-state index contributed by atoms with van der Waals surface area (Å²) in [5.74, 6) is 2.02. The smallest absolute Gasteiger partial charge is 0.239 e. The number of carbonyl (C=O) groups is 1. The molecular weight excluding hydrogens is 423 g/mol. The molecule has 7 heteroatoms. The number of guanidine groups is 1. The van der Waals surface area contributed by atoms with Crippen molar-refractivity contribution in [1.82, 2.24) is 15.5 Å². The van der Waals surface area contributed by atoms with Crippen molar-refractivity contribution in [3.8, 4) is 0 Å². The Hall–Kier alpha value is -0.180. The Kier molecular flexibility index (Phi) is 9.03. The van der Waals surface area contributed by atoms with E-state index < -0.39 is 0 Å². The number of aliphatic imine (C=N–C) groups is 1. The molecule has 0 atom stereocenters. The van der Waals surface area contributed by atoms with Crippen LogP contribution in [-0.4, -0.2) is 60.0 Å². The topological polar surface area (TPSA) is 56.7 Å². The van der Waals surface area contributed by atoms with Gasteiger partial charge in [-0.1, -0.05) is 19.3 Å². The van der Waals surface area contributed by atoms with Gasteiger partial charge in [-0.2, -0.15) is 11.8 Å². The van der Waals surface area contributed by atoms with Crippen molar-refractivity contribution in [1.29, 1.82) is 0 Å². The molecule has 23 heavy (non-hydrogen) atoms. The van der Waals surface area contributed by atoms with Gasteiger partial charge in [-0.05, 0) is 26.7 Å². The van der Waals surface area contributed by atoms with Gasteiger partial charge in [0.05, 0.1) is 6.54 Å². The molecule has 0 aromatic carbocycles. The first-order valence-electron chi connectivity index (χ1n) is 8.39. The summed E-state index contributed by atoms with van der Waals surface area (Å²) < 4.78 is 0.236. The summed E-state index contributed by atoms with van der Waals surface area (Å²) in [6, 6.07) is 0.371. The van der Waals surface area contributed by atoms with E-state index in [0.29, 0.717) is 12.6 Å². The number of hydrogen-bond acceptors (Lipinski definition) is 3. The van der Waals surface area contributed by atoms with Crippen LogP contribution in [0.15, 0.2) is 4.99 Å². The van der Waals surface area contributed by atoms with Crippen LogP contribution < -0.4 is 10.6 Å². The zero-order valence-electron chi connectivity index (χ0n) is 14.6. The fourth-order valence-corrected chi connectivity index (χ4v) is 4.33. The first kappa shape index (κ1) is 20.9. The van der Waals surface area contributed by atoms with Crippen molar-refractivity contribution in [2.75, 3.05) is 32.4 Å². The maximum Gasteiger partial charge on any atom is 0.239 e. The van der Waals surface area contributed by atoms with Crippen LogP contribution in [0.1, 0.15) is 46.0 Å². The van der Waals surface area contributed by atoms with Crippen LogP contribution >= 0.6 is 35.7 Å². The van der Waals surface area contributed by atoms with Crippen LogP contribution in [-0.2, 0) is 4.79 Å². The first-order chi connectivity index (χ1) is 10.5. The monoisotopic (exact) mass is 454 g/mol. The lowest BCUT2D eigenvalue weighted by molar-refractivity contribution is -0.120. The lowest BCUT2D eigenvalue weighted by Crippen LogP contribution is -2.53. The zero-order valence-corrected chi connectivity index (χ0v) is 17.7. The van der Waals surface area contributed by atoms with Crippen LogP contribution in [0.25, 0.3) is 0 Å². The molecule has 134 valence electrons. The van der Waals surface area contributed by atoms with Gasteiger partial charge in [0.15, 0.2) is 5.96 Å². The van der Waals surface area contributed by atoms with E-state index in [1.165, 1.54) is 19.3 Å². The molecule has 1 saturated carbocycles. The Bertz CT molecular complexity index is 411. The fourth-order valence-electron chi connectivity index (χ4n) is 3.21. The SMILES string of the molecule is CN=C(NCC(=O)NC1CCCCC1)N1CCSC(C)(C)C1.I. The van der Waals surface area contributed by atoms with E-state index in [1.807, 2.05) is 11.8 Å². The maximum atomic E-state index is 12.1. The van der Waals surface area contributed by atoms with Crippen molar-refractivity contribution in [3.63, 3.8) is 0 Å². The molecule has 0 radical (unpaired) electrons. The molecule has 1 amide bonds. The van der Waals surface area contributed by atoms with Gasteiger partial charge in [-0.3, -0.25) is 9.79 Å². The zero-order chi connectivity index (χ0) is 16.0. The highest BCUT2D eigenvalue weighted by atomic mass is 127. The van der Waals surface area contributed by atoms with Gasteiger partial charge in [0, 0.05) is 36.7 Å². The number of nitrogens with one attached hydrogen (secondary N) is 2. The minimum absolute atomic E-state index is 0. The van der Waals surface area contributed by atoms with Gasteiger partial charge < -0.3 is 15.5 Å². The number of halogens is 1. The van der Waals surface area contributed by atoms with Crippen molar-refractivity contribution in [2.24, 2.45) is 4.99 Å². The molecule has 0 unspecified atom stereocenters. The third-order valence-corrected chi connectivity index (χ3v) is 5.61. The molecule has 1 saturated heterocycles. The predicted molar refractivity (Wildman–Crippen MR) is 110 cm³/mol. The molecule has 5 nitrogen and oxygen atoms in total. The second kappa shape index (κ2) is 9.96. The molecule has 0 bridgehead atoms. The Morgan fingerprint density at radius 1 is 1.30 bits per heavy atom. The highest BCUT2D eigenvalue weighted by Gasteiger charge is 2.28. The van der Waals surface area contributed by atoms with Crippen LogP contribution in [0.4, 0.5) is 0 Å². The van der Waals surface area contributed by atoms with Gasteiger partial charge in [0.25, 0.3) is 0 Å². The van der Waals surface area contributed by atoms with Crippen molar-refractivity contribution < 1.29 is 4.79 Å². The second-order valence-corrected chi connectivity index (χ2v) is 8.64.